The number of aromatic amines is 2. The Bertz CT molecular complexity index is 2520. The van der Waals surface area contributed by atoms with Gasteiger partial charge in [-0.2, -0.15) is 8.78 Å². The van der Waals surface area contributed by atoms with Gasteiger partial charge in [0.05, 0.1) is 41.6 Å². The summed E-state index contributed by atoms with van der Waals surface area (Å²) in [7, 11) is 1.28. The first-order valence-corrected chi connectivity index (χ1v) is 19.3. The Hall–Kier alpha value is -5.88. The number of likely N-dealkylation sites (tertiary alicyclic amines) is 1. The van der Waals surface area contributed by atoms with E-state index in [4.69, 9.17) is 9.72 Å². The molecule has 1 saturated carbocycles. The molecule has 4 aromatic carbocycles. The number of halogens is 2. The maximum absolute atomic E-state index is 16.4. The first kappa shape index (κ1) is 34.6. The fraction of sp³-hybridized carbons (Fsp3) is 0.318. The molecule has 2 aromatic heterocycles. The number of piperidine rings is 1. The van der Waals surface area contributed by atoms with Crippen LogP contribution in [0.5, 0.6) is 0 Å². The lowest BCUT2D eigenvalue weighted by Gasteiger charge is -2.36. The molecule has 4 aliphatic rings. The lowest BCUT2D eigenvalue weighted by atomic mass is 9.96. The molecule has 10 rings (SSSR count). The Morgan fingerprint density at radius 3 is 2.41 bits per heavy atom. The molecule has 10 nitrogen and oxygen atoms in total. The Balaban J connectivity index is 0.940. The number of ether oxygens (including phenoxy) is 1. The van der Waals surface area contributed by atoms with Crippen molar-refractivity contribution in [2.75, 3.05) is 13.7 Å². The number of hydrogen-bond acceptors (Lipinski definition) is 6. The van der Waals surface area contributed by atoms with Crippen LogP contribution in [0.15, 0.2) is 91.1 Å². The summed E-state index contributed by atoms with van der Waals surface area (Å²) in [5.41, 5.74) is 5.72. The van der Waals surface area contributed by atoms with Crippen LogP contribution in [0, 0.1) is 5.92 Å². The average Bonchev–Trinajstić information content (AvgIpc) is 4.09. The van der Waals surface area contributed by atoms with Crippen LogP contribution in [-0.2, 0) is 21.0 Å². The highest BCUT2D eigenvalue weighted by molar-refractivity contribution is 5.89. The highest BCUT2D eigenvalue weighted by Gasteiger charge is 2.51. The average molecular weight is 754 g/mol. The number of nitrogens with zero attached hydrogens (tertiary/aromatic N) is 3. The zero-order chi connectivity index (χ0) is 38.3. The van der Waals surface area contributed by atoms with Crippen LogP contribution >= 0.6 is 0 Å². The number of imidazole rings is 2. The van der Waals surface area contributed by atoms with Gasteiger partial charge in [-0.05, 0) is 104 Å². The monoisotopic (exact) mass is 753 g/mol. The van der Waals surface area contributed by atoms with Gasteiger partial charge in [0.1, 0.15) is 17.7 Å². The highest BCUT2D eigenvalue weighted by atomic mass is 19.3. The van der Waals surface area contributed by atoms with E-state index >= 15 is 8.78 Å². The summed E-state index contributed by atoms with van der Waals surface area (Å²) in [5, 5.41) is 6.25. The van der Waals surface area contributed by atoms with E-state index in [1.165, 1.54) is 7.11 Å². The van der Waals surface area contributed by atoms with Gasteiger partial charge in [0, 0.05) is 22.7 Å². The van der Waals surface area contributed by atoms with E-state index in [2.05, 4.69) is 32.5 Å². The number of carbonyl (C=O) groups excluding carboxylic acids is 2. The summed E-state index contributed by atoms with van der Waals surface area (Å²) in [6.07, 6.45) is 5.77. The molecule has 5 atom stereocenters. The molecule has 0 spiro atoms. The predicted molar refractivity (Wildman–Crippen MR) is 208 cm³/mol. The molecule has 4 heterocycles. The van der Waals surface area contributed by atoms with Crippen molar-refractivity contribution in [1.29, 1.82) is 0 Å². The first-order chi connectivity index (χ1) is 27.1. The van der Waals surface area contributed by atoms with E-state index in [1.807, 2.05) is 65.6 Å². The SMILES string of the molecule is COC(=O)N[C@@H](C(=O)N1[C@@H]2CC[C@@H](C2)[C@H]1c1nc2ccc(-c3ccc4c(c3)C(F)(F)c3cc(-c5cnc([C@]6(C)CCCN6)[nH]5)ccc3-4)cc2[nH]1)c1ccccc1. The third kappa shape index (κ3) is 5.44. The van der Waals surface area contributed by atoms with Crippen molar-refractivity contribution in [3.05, 3.63) is 119 Å². The molecule has 2 saturated heterocycles. The molecule has 3 fully saturated rings. The lowest BCUT2D eigenvalue weighted by molar-refractivity contribution is -0.138. The Morgan fingerprint density at radius 1 is 0.929 bits per heavy atom. The van der Waals surface area contributed by atoms with Crippen LogP contribution in [-0.4, -0.2) is 56.5 Å². The van der Waals surface area contributed by atoms with Crippen molar-refractivity contribution in [3.63, 3.8) is 0 Å². The number of methoxy groups -OCH3 is 1. The molecule has 0 radical (unpaired) electrons. The van der Waals surface area contributed by atoms with E-state index in [-0.39, 0.29) is 40.6 Å². The van der Waals surface area contributed by atoms with Gasteiger partial charge < -0.3 is 30.2 Å². The van der Waals surface area contributed by atoms with Gasteiger partial charge in [-0.1, -0.05) is 60.7 Å². The fourth-order valence-corrected chi connectivity index (χ4v) is 9.68. The van der Waals surface area contributed by atoms with Crippen molar-refractivity contribution >= 4 is 23.0 Å². The summed E-state index contributed by atoms with van der Waals surface area (Å²) < 4.78 is 37.6. The van der Waals surface area contributed by atoms with Crippen LogP contribution in [0.2, 0.25) is 0 Å². The molecule has 2 aliphatic carbocycles. The minimum Gasteiger partial charge on any atom is -0.453 e. The van der Waals surface area contributed by atoms with Gasteiger partial charge in [-0.25, -0.2) is 14.8 Å². The number of benzene rings is 4. The molecule has 284 valence electrons. The molecule has 2 amide bonds. The minimum atomic E-state index is -3.19. The lowest BCUT2D eigenvalue weighted by Crippen LogP contribution is -2.47. The number of nitrogens with one attached hydrogen (secondary N) is 4. The zero-order valence-electron chi connectivity index (χ0n) is 31.0. The van der Waals surface area contributed by atoms with Crippen molar-refractivity contribution < 1.29 is 23.1 Å². The molecular formula is C44H41F2N7O3. The molecule has 2 bridgehead atoms. The number of alkyl carbamates (subject to hydrolysis) is 1. The molecule has 0 unspecified atom stereocenters. The van der Waals surface area contributed by atoms with Crippen LogP contribution in [0.4, 0.5) is 13.6 Å². The topological polar surface area (TPSA) is 128 Å². The normalized spacial score (nSPS) is 23.6. The summed E-state index contributed by atoms with van der Waals surface area (Å²) in [6.45, 7) is 3.04. The van der Waals surface area contributed by atoms with Gasteiger partial charge in [0.25, 0.3) is 11.8 Å². The molecule has 6 aromatic rings. The Labute approximate surface area is 322 Å². The first-order valence-electron chi connectivity index (χ1n) is 19.3. The maximum Gasteiger partial charge on any atom is 0.407 e. The quantitative estimate of drug-likeness (QED) is 0.130. The summed E-state index contributed by atoms with van der Waals surface area (Å²) in [4.78, 5) is 45.1. The molecule has 12 heteroatoms. The molecule has 56 heavy (non-hydrogen) atoms. The third-order valence-corrected chi connectivity index (χ3v) is 12.6. The van der Waals surface area contributed by atoms with Crippen molar-refractivity contribution in [2.24, 2.45) is 5.92 Å². The molecule has 4 N–H and O–H groups in total. The highest BCUT2D eigenvalue weighted by Crippen LogP contribution is 2.53. The summed E-state index contributed by atoms with van der Waals surface area (Å²) in [5.74, 6) is -1.70. The summed E-state index contributed by atoms with van der Waals surface area (Å²) in [6, 6.07) is 24.2. The number of rotatable bonds is 7. The second-order valence-corrected chi connectivity index (χ2v) is 15.9. The number of carbonyl (C=O) groups is 2. The van der Waals surface area contributed by atoms with Crippen molar-refractivity contribution in [3.8, 4) is 33.5 Å². The Kier molecular flexibility index (Phi) is 7.93. The van der Waals surface area contributed by atoms with E-state index < -0.39 is 18.1 Å². The van der Waals surface area contributed by atoms with Gasteiger partial charge in [-0.3, -0.25) is 4.79 Å². The van der Waals surface area contributed by atoms with E-state index in [0.717, 1.165) is 61.1 Å². The van der Waals surface area contributed by atoms with Gasteiger partial charge in [0.2, 0.25) is 0 Å². The van der Waals surface area contributed by atoms with Crippen LogP contribution in [0.1, 0.15) is 79.5 Å². The minimum absolute atomic E-state index is 0.0154. The molecular weight excluding hydrogens is 713 g/mol. The largest absolute Gasteiger partial charge is 0.453 e. The smallest absolute Gasteiger partial charge is 0.407 e. The van der Waals surface area contributed by atoms with Crippen LogP contribution in [0.3, 0.4) is 0 Å². The number of alkyl halides is 2. The van der Waals surface area contributed by atoms with E-state index in [9.17, 15) is 9.59 Å². The fourth-order valence-electron chi connectivity index (χ4n) is 9.68. The zero-order valence-corrected chi connectivity index (χ0v) is 31.0. The number of aromatic nitrogens is 4. The Morgan fingerprint density at radius 2 is 1.66 bits per heavy atom. The predicted octanol–water partition coefficient (Wildman–Crippen LogP) is 8.49. The van der Waals surface area contributed by atoms with Gasteiger partial charge in [-0.15, -0.1) is 0 Å². The van der Waals surface area contributed by atoms with E-state index in [1.54, 1.807) is 30.5 Å². The number of fused-ring (bicyclic) bond motifs is 6. The van der Waals surface area contributed by atoms with Crippen LogP contribution < -0.4 is 10.6 Å². The number of H-pyrrole nitrogens is 2. The number of amides is 2. The number of hydrogen-bond donors (Lipinski definition) is 4. The van der Waals surface area contributed by atoms with E-state index in [0.29, 0.717) is 39.3 Å². The van der Waals surface area contributed by atoms with Gasteiger partial charge in [0.15, 0.2) is 0 Å². The van der Waals surface area contributed by atoms with Crippen LogP contribution in [0.25, 0.3) is 44.5 Å². The maximum atomic E-state index is 16.4. The second-order valence-electron chi connectivity index (χ2n) is 15.9. The van der Waals surface area contributed by atoms with Gasteiger partial charge >= 0.3 is 6.09 Å². The standard InChI is InChI=1S/C44H41F2N7O3/c1-43(17-6-18-48-43)41-47-23-36(51-41)27-11-15-31-30-14-10-25(20-32(30)44(45,46)33(31)21-27)26-12-16-34-35(22-26)50-39(49-34)38-28-9-13-29(19-28)53(38)40(54)37(52-42(55)56-2)24-7-4-3-5-8-24/h3-5,7-8,10-12,14-16,20-23,28-29,37-38,48H,6,9,13,17-19H2,1-2H3,(H,47,51)(H,49,50)(H,52,55)/t28-,29+,37+,38-,43-/m0/s1. The summed E-state index contributed by atoms with van der Waals surface area (Å²) >= 11 is 0. The third-order valence-electron chi connectivity index (χ3n) is 12.6. The molecule has 2 aliphatic heterocycles. The van der Waals surface area contributed by atoms with Crippen molar-refractivity contribution in [1.82, 2.24) is 35.5 Å². The van der Waals surface area contributed by atoms with Crippen molar-refractivity contribution in [2.45, 2.75) is 68.6 Å². The second kappa shape index (κ2) is 12.8.